The molecule has 3 saturated heterocycles. The number of aliphatic hydroxyl groups is 1. The van der Waals surface area contributed by atoms with Gasteiger partial charge in [0.25, 0.3) is 5.69 Å². The molecule has 0 aromatic heterocycles. The van der Waals surface area contributed by atoms with E-state index in [0.717, 1.165) is 82.4 Å². The topological polar surface area (TPSA) is 204 Å². The smallest absolute Gasteiger partial charge is 0.269 e. The third-order valence-electron chi connectivity index (χ3n) is 13.7. The Labute approximate surface area is 521 Å². The van der Waals surface area contributed by atoms with Crippen molar-refractivity contribution < 1.29 is 28.0 Å². The summed E-state index contributed by atoms with van der Waals surface area (Å²) in [5.74, 6) is 0.215. The highest BCUT2D eigenvalue weighted by Gasteiger charge is 2.28. The summed E-state index contributed by atoms with van der Waals surface area (Å²) < 4.78 is 23.3. The number of nitro groups is 1. The summed E-state index contributed by atoms with van der Waals surface area (Å²) in [6.45, 7) is 16.3. The van der Waals surface area contributed by atoms with Gasteiger partial charge in [-0.1, -0.05) is 77.5 Å². The van der Waals surface area contributed by atoms with Gasteiger partial charge < -0.3 is 15.3 Å². The molecule has 3 fully saturated rings. The number of hydrogen-bond donors (Lipinski definition) is 2. The molecule has 2 N–H and O–H groups in total. The number of amides is 1. The lowest BCUT2D eigenvalue weighted by atomic mass is 10.1. The number of Topliss-reactive ketones (excluding diaryl/α,β-unsaturated/α-hetero) is 1. The van der Waals surface area contributed by atoms with Crippen LogP contribution < -0.4 is 5.32 Å². The number of piperazine rings is 2. The van der Waals surface area contributed by atoms with E-state index in [4.69, 9.17) is 39.9 Å². The molecule has 1 amide bonds. The average Bonchev–Trinajstić information content (AvgIpc) is 3.28. The molecular formula is C62H69Cl3N8O7S4. The van der Waals surface area contributed by atoms with Crippen molar-refractivity contribution in [1.82, 2.24) is 24.9 Å². The Morgan fingerprint density at radius 2 is 1.13 bits per heavy atom. The first kappa shape index (κ1) is 67.6. The van der Waals surface area contributed by atoms with Crippen LogP contribution in [0.5, 0.6) is 0 Å². The van der Waals surface area contributed by atoms with Gasteiger partial charge in [-0.25, -0.2) is 8.42 Å². The molecule has 15 nitrogen and oxygen atoms in total. The van der Waals surface area contributed by atoms with E-state index in [0.29, 0.717) is 78.6 Å². The molecule has 0 aliphatic carbocycles. The van der Waals surface area contributed by atoms with Crippen LogP contribution in [0.2, 0.25) is 15.1 Å². The Morgan fingerprint density at radius 1 is 0.679 bits per heavy atom. The van der Waals surface area contributed by atoms with Gasteiger partial charge >= 0.3 is 0 Å². The number of nitriles is 2. The van der Waals surface area contributed by atoms with E-state index in [1.807, 2.05) is 123 Å². The Bertz CT molecular complexity index is 3470. The Kier molecular flexibility index (Phi) is 25.6. The van der Waals surface area contributed by atoms with Gasteiger partial charge in [0.15, 0.2) is 15.6 Å². The molecule has 0 saturated carbocycles. The Balaban J connectivity index is 0.000000201. The van der Waals surface area contributed by atoms with Crippen molar-refractivity contribution in [2.75, 3.05) is 70.5 Å². The van der Waals surface area contributed by atoms with E-state index in [2.05, 4.69) is 39.4 Å². The van der Waals surface area contributed by atoms with Crippen LogP contribution in [-0.2, 0) is 39.1 Å². The number of hydrogen-bond acceptors (Lipinski definition) is 16. The molecule has 3 aliphatic rings. The fourth-order valence-electron chi connectivity index (χ4n) is 9.64. The number of rotatable bonds is 16. The number of carbonyl (C=O) groups excluding carboxylic acids is 2. The summed E-state index contributed by atoms with van der Waals surface area (Å²) in [6.07, 6.45) is 0. The highest BCUT2D eigenvalue weighted by atomic mass is 35.5. The fourth-order valence-corrected chi connectivity index (χ4v) is 15.2. The van der Waals surface area contributed by atoms with Crippen LogP contribution in [0.15, 0.2) is 139 Å². The molecule has 0 radical (unpaired) electrons. The molecule has 84 heavy (non-hydrogen) atoms. The Hall–Kier alpha value is -5.49. The summed E-state index contributed by atoms with van der Waals surface area (Å²) >= 11 is 23.3. The van der Waals surface area contributed by atoms with Crippen LogP contribution in [0.4, 0.5) is 5.69 Å². The molecule has 9 rings (SSSR count). The van der Waals surface area contributed by atoms with Gasteiger partial charge in [0, 0.05) is 128 Å². The van der Waals surface area contributed by atoms with Crippen molar-refractivity contribution >= 4 is 97.3 Å². The number of aryl methyl sites for hydroxylation is 3. The van der Waals surface area contributed by atoms with Gasteiger partial charge in [-0.3, -0.25) is 34.4 Å². The fraction of sp³-hybridized carbons (Fsp3) is 0.355. The van der Waals surface area contributed by atoms with Crippen molar-refractivity contribution in [3.63, 3.8) is 0 Å². The van der Waals surface area contributed by atoms with Crippen molar-refractivity contribution in [2.24, 2.45) is 0 Å². The molecule has 22 heteroatoms. The predicted octanol–water partition coefficient (Wildman–Crippen LogP) is 12.3. The highest BCUT2D eigenvalue weighted by Crippen LogP contribution is 2.38. The van der Waals surface area contributed by atoms with Gasteiger partial charge in [0.05, 0.1) is 52.3 Å². The number of nitrogens with zero attached hydrogens (tertiary/aromatic N) is 7. The number of nitro benzene ring substituents is 1. The second-order valence-electron chi connectivity index (χ2n) is 20.8. The summed E-state index contributed by atoms with van der Waals surface area (Å²) in [5.41, 5.74) is 7.43. The molecule has 6 aromatic rings. The average molecular weight is 1270 g/mol. The summed E-state index contributed by atoms with van der Waals surface area (Å²) in [4.78, 5) is 49.4. The molecular weight excluding hydrogens is 1200 g/mol. The third-order valence-corrected chi connectivity index (χ3v) is 19.3. The van der Waals surface area contributed by atoms with E-state index >= 15 is 0 Å². The van der Waals surface area contributed by atoms with Crippen LogP contribution >= 0.6 is 70.1 Å². The van der Waals surface area contributed by atoms with E-state index in [1.54, 1.807) is 35.7 Å². The maximum Gasteiger partial charge on any atom is 0.269 e. The number of non-ortho nitro benzene ring substituents is 1. The van der Waals surface area contributed by atoms with Crippen LogP contribution in [0, 0.1) is 53.5 Å². The zero-order valence-electron chi connectivity index (χ0n) is 46.7. The largest absolute Gasteiger partial charge is 0.389 e. The van der Waals surface area contributed by atoms with E-state index in [-0.39, 0.29) is 48.4 Å². The normalized spacial score (nSPS) is 16.3. The van der Waals surface area contributed by atoms with E-state index in [1.165, 1.54) is 17.8 Å². The number of nitrogens with one attached hydrogen (secondary N) is 1. The summed E-state index contributed by atoms with van der Waals surface area (Å²) in [7, 11) is -2.97. The number of ketones is 1. The van der Waals surface area contributed by atoms with Gasteiger partial charge in [-0.2, -0.15) is 10.5 Å². The lowest BCUT2D eigenvalue weighted by Gasteiger charge is -2.36. The molecule has 6 aromatic carbocycles. The van der Waals surface area contributed by atoms with Crippen LogP contribution in [0.25, 0.3) is 0 Å². The van der Waals surface area contributed by atoms with Crippen LogP contribution in [0.3, 0.4) is 0 Å². The minimum atomic E-state index is -2.97. The third kappa shape index (κ3) is 20.3. The molecule has 0 spiro atoms. The van der Waals surface area contributed by atoms with Gasteiger partial charge in [0.1, 0.15) is 6.61 Å². The number of aliphatic hydroxyl groups excluding tert-OH is 1. The molecule has 1 atom stereocenters. The lowest BCUT2D eigenvalue weighted by Crippen LogP contribution is -2.54. The highest BCUT2D eigenvalue weighted by molar-refractivity contribution is 8.00. The van der Waals surface area contributed by atoms with E-state index in [9.17, 15) is 38.6 Å². The molecule has 1 unspecified atom stereocenters. The van der Waals surface area contributed by atoms with Crippen molar-refractivity contribution in [3.05, 3.63) is 179 Å². The summed E-state index contributed by atoms with van der Waals surface area (Å²) in [5, 5.41) is 44.1. The first-order chi connectivity index (χ1) is 39.5. The summed E-state index contributed by atoms with van der Waals surface area (Å²) in [6, 6.07) is 38.2. The van der Waals surface area contributed by atoms with Gasteiger partial charge in [-0.15, -0.1) is 0 Å². The minimum Gasteiger partial charge on any atom is -0.389 e. The molecule has 444 valence electrons. The second-order valence-corrected chi connectivity index (χ2v) is 27.8. The zero-order valence-corrected chi connectivity index (χ0v) is 52.3. The SMILES string of the molecule is C.Cc1cc(Cl)cc(Sc2ccc(C#N)cc2CN2CCN(C(C)C)C(=O)C2)c1.Cc1cc(Cl)cc(Sc2ccc(C#N)cc2CN2CCNC(C(=O)CO)C2)c1.Cc1cc(Cl)cc(Sc2ccc([N+](=O)[O-])cc2CN2CCS(=O)(=O)CC2)c1. The molecule has 3 aliphatic heterocycles. The number of sulfone groups is 1. The number of benzene rings is 6. The Morgan fingerprint density at radius 3 is 1.56 bits per heavy atom. The van der Waals surface area contributed by atoms with Crippen LogP contribution in [-0.4, -0.2) is 132 Å². The monoisotopic (exact) mass is 1270 g/mol. The standard InChI is InChI=1S/C22H24ClN3OS.C21H22ClN3O2S.C18H19ClN2O4S2.CH4/c1-15(2)26-7-6-25(14-22(26)27)13-18-10-17(12-24)4-5-21(18)28-20-9-16(3)8-19(23)11-20;1-14-6-17(22)9-18(7-14)28-21-3-2-15(10-23)8-16(21)11-25-5-4-24-19(12-25)20(27)13-26;1-13-8-15(19)11-17(9-13)26-18-3-2-16(21(22)23)10-14(18)12-20-4-6-27(24,25)7-5-20;/h4-5,8-11,15H,6-7,13-14H2,1-3H3;2-3,6-9,19,24,26H,4-5,11-13H2,1H3;2-3,8-11H,4-7,12H2,1H3;1H4. The quantitative estimate of drug-likeness (QED) is 0.0683. The molecule has 3 heterocycles. The first-order valence-corrected chi connectivity index (χ1v) is 32.2. The van der Waals surface area contributed by atoms with Gasteiger partial charge in [0.2, 0.25) is 5.91 Å². The first-order valence-electron chi connectivity index (χ1n) is 26.8. The minimum absolute atomic E-state index is 0. The molecule has 0 bridgehead atoms. The van der Waals surface area contributed by atoms with Crippen LogP contribution in [0.1, 0.15) is 65.8 Å². The predicted molar refractivity (Wildman–Crippen MR) is 338 cm³/mol. The van der Waals surface area contributed by atoms with Crippen molar-refractivity contribution in [3.8, 4) is 12.1 Å². The van der Waals surface area contributed by atoms with Gasteiger partial charge in [-0.05, 0) is 165 Å². The maximum absolute atomic E-state index is 12.4. The maximum atomic E-state index is 12.4. The number of carbonyl (C=O) groups is 2. The van der Waals surface area contributed by atoms with Crippen molar-refractivity contribution in [2.45, 2.75) is 103 Å². The zero-order chi connectivity index (χ0) is 60.0. The van der Waals surface area contributed by atoms with E-state index < -0.39 is 21.4 Å². The second kappa shape index (κ2) is 31.8. The number of halogens is 3. The van der Waals surface area contributed by atoms with Crippen molar-refractivity contribution in [1.29, 1.82) is 10.5 Å². The lowest BCUT2D eigenvalue weighted by molar-refractivity contribution is -0.385.